The van der Waals surface area contributed by atoms with Crippen LogP contribution in [0.25, 0.3) is 0 Å². The molecule has 0 fully saturated rings. The number of anilines is 2. The maximum atomic E-state index is 13.6. The van der Waals surface area contributed by atoms with Crippen LogP contribution in [0, 0.1) is 6.92 Å². The first kappa shape index (κ1) is 25.7. The molecular formula is C22H24N4O5S3. The molecule has 2 aromatic carbocycles. The molecule has 1 amide bonds. The molecule has 0 unspecified atom stereocenters. The van der Waals surface area contributed by atoms with Gasteiger partial charge in [0.05, 0.1) is 23.4 Å². The molecule has 1 heterocycles. The molecule has 12 heteroatoms. The number of sulfonamides is 1. The van der Waals surface area contributed by atoms with E-state index in [-0.39, 0.29) is 15.8 Å². The molecule has 0 saturated carbocycles. The zero-order chi connectivity index (χ0) is 24.7. The van der Waals surface area contributed by atoms with Crippen molar-refractivity contribution in [3.63, 3.8) is 0 Å². The van der Waals surface area contributed by atoms with E-state index in [0.717, 1.165) is 38.5 Å². The van der Waals surface area contributed by atoms with Gasteiger partial charge in [0.25, 0.3) is 10.0 Å². The van der Waals surface area contributed by atoms with E-state index in [4.69, 9.17) is 0 Å². The van der Waals surface area contributed by atoms with Crippen molar-refractivity contribution in [1.29, 1.82) is 0 Å². The van der Waals surface area contributed by atoms with Crippen molar-refractivity contribution in [2.75, 3.05) is 29.0 Å². The lowest BCUT2D eigenvalue weighted by molar-refractivity contribution is -0.137. The highest BCUT2D eigenvalue weighted by atomic mass is 32.2. The van der Waals surface area contributed by atoms with Crippen LogP contribution < -0.4 is 9.62 Å². The standard InChI is InChI=1S/C22H24N4O5S3/c1-4-16-7-5-6-8-18(16)26(34(29,30)17-11-9-15(2)10-12-17)13-19(27)23-21-24-25-22(33-21)32-14-20(28)31-3/h5-12H,4,13-14H2,1-3H3,(H,23,24,27). The summed E-state index contributed by atoms with van der Waals surface area (Å²) in [6.07, 6.45) is 0.592. The summed E-state index contributed by atoms with van der Waals surface area (Å²) in [4.78, 5) is 24.3. The quantitative estimate of drug-likeness (QED) is 0.245. The molecule has 0 bridgehead atoms. The summed E-state index contributed by atoms with van der Waals surface area (Å²) in [5.41, 5.74) is 2.16. The Labute approximate surface area is 206 Å². The van der Waals surface area contributed by atoms with Crippen molar-refractivity contribution in [3.05, 3.63) is 59.7 Å². The topological polar surface area (TPSA) is 119 Å². The summed E-state index contributed by atoms with van der Waals surface area (Å²) in [5, 5.41) is 10.6. The van der Waals surface area contributed by atoms with Crippen LogP contribution in [-0.4, -0.2) is 49.9 Å². The second kappa shape index (κ2) is 11.4. The van der Waals surface area contributed by atoms with Crippen molar-refractivity contribution in [2.24, 2.45) is 0 Å². The number of aromatic nitrogens is 2. The van der Waals surface area contributed by atoms with Crippen LogP contribution in [0.15, 0.2) is 57.8 Å². The van der Waals surface area contributed by atoms with Gasteiger partial charge < -0.3 is 4.74 Å². The summed E-state index contributed by atoms with van der Waals surface area (Å²) in [5.74, 6) is -0.908. The fourth-order valence-corrected chi connectivity index (χ4v) is 6.04. The van der Waals surface area contributed by atoms with Crippen molar-refractivity contribution in [2.45, 2.75) is 29.5 Å². The van der Waals surface area contributed by atoms with Gasteiger partial charge in [0.2, 0.25) is 11.0 Å². The van der Waals surface area contributed by atoms with E-state index in [9.17, 15) is 18.0 Å². The zero-order valence-electron chi connectivity index (χ0n) is 18.8. The highest BCUT2D eigenvalue weighted by Gasteiger charge is 2.29. The highest BCUT2D eigenvalue weighted by Crippen LogP contribution is 2.29. The van der Waals surface area contributed by atoms with Crippen LogP contribution in [0.2, 0.25) is 0 Å². The Kier molecular flexibility index (Phi) is 8.64. The van der Waals surface area contributed by atoms with E-state index in [1.165, 1.54) is 19.2 Å². The largest absolute Gasteiger partial charge is 0.468 e. The maximum absolute atomic E-state index is 13.6. The Balaban J connectivity index is 1.85. The molecule has 0 atom stereocenters. The van der Waals surface area contributed by atoms with Gasteiger partial charge >= 0.3 is 5.97 Å². The first-order valence-electron chi connectivity index (χ1n) is 10.2. The number of ether oxygens (including phenoxy) is 1. The lowest BCUT2D eigenvalue weighted by atomic mass is 10.1. The predicted molar refractivity (Wildman–Crippen MR) is 133 cm³/mol. The molecule has 0 aliphatic heterocycles. The molecule has 1 N–H and O–H groups in total. The molecule has 0 aliphatic rings. The number of para-hydroxylation sites is 1. The zero-order valence-corrected chi connectivity index (χ0v) is 21.3. The minimum absolute atomic E-state index is 0.0649. The highest BCUT2D eigenvalue weighted by molar-refractivity contribution is 8.01. The molecule has 3 aromatic rings. The number of carbonyl (C=O) groups is 2. The van der Waals surface area contributed by atoms with E-state index in [1.807, 2.05) is 26.0 Å². The third-order valence-corrected chi connectivity index (χ3v) is 8.45. The van der Waals surface area contributed by atoms with Crippen LogP contribution in [-0.2, 0) is 30.8 Å². The van der Waals surface area contributed by atoms with Crippen LogP contribution in [0.5, 0.6) is 0 Å². The number of rotatable bonds is 10. The van der Waals surface area contributed by atoms with Crippen molar-refractivity contribution < 1.29 is 22.7 Å². The molecule has 34 heavy (non-hydrogen) atoms. The van der Waals surface area contributed by atoms with Crippen molar-refractivity contribution >= 4 is 55.8 Å². The van der Waals surface area contributed by atoms with Crippen molar-refractivity contribution in [1.82, 2.24) is 10.2 Å². The molecule has 0 spiro atoms. The molecule has 0 saturated heterocycles. The van der Waals surface area contributed by atoms with E-state index in [2.05, 4.69) is 20.3 Å². The SMILES string of the molecule is CCc1ccccc1N(CC(=O)Nc1nnc(SCC(=O)OC)s1)S(=O)(=O)c1ccc(C)cc1. The number of carbonyl (C=O) groups excluding carboxylic acids is 2. The van der Waals surface area contributed by atoms with Crippen molar-refractivity contribution in [3.8, 4) is 0 Å². The Bertz CT molecular complexity index is 1260. The lowest BCUT2D eigenvalue weighted by Gasteiger charge is -2.26. The van der Waals surface area contributed by atoms with Crippen LogP contribution in [0.3, 0.4) is 0 Å². The first-order valence-corrected chi connectivity index (χ1v) is 13.5. The number of aryl methyl sites for hydroxylation is 2. The number of amides is 1. The van der Waals surface area contributed by atoms with E-state index in [1.54, 1.807) is 24.3 Å². The summed E-state index contributed by atoms with van der Waals surface area (Å²) >= 11 is 2.21. The Hall–Kier alpha value is -2.96. The van der Waals surface area contributed by atoms with Gasteiger partial charge in [-0.2, -0.15) is 0 Å². The number of hydrogen-bond donors (Lipinski definition) is 1. The number of thioether (sulfide) groups is 1. The number of nitrogens with zero attached hydrogens (tertiary/aromatic N) is 3. The van der Waals surface area contributed by atoms with Gasteiger partial charge in [0, 0.05) is 0 Å². The smallest absolute Gasteiger partial charge is 0.316 e. The van der Waals surface area contributed by atoms with Gasteiger partial charge in [-0.05, 0) is 37.1 Å². The van der Waals surface area contributed by atoms with Crippen LogP contribution >= 0.6 is 23.1 Å². The minimum Gasteiger partial charge on any atom is -0.468 e. The minimum atomic E-state index is -4.02. The van der Waals surface area contributed by atoms with Gasteiger partial charge in [0.15, 0.2) is 4.34 Å². The molecular weight excluding hydrogens is 496 g/mol. The van der Waals surface area contributed by atoms with Gasteiger partial charge in [-0.1, -0.05) is 65.9 Å². The number of nitrogens with one attached hydrogen (secondary N) is 1. The summed E-state index contributed by atoms with van der Waals surface area (Å²) < 4.78 is 33.3. The van der Waals surface area contributed by atoms with Gasteiger partial charge in [-0.25, -0.2) is 8.42 Å². The second-order valence-corrected chi connectivity index (χ2v) is 11.2. The number of esters is 1. The van der Waals surface area contributed by atoms with E-state index >= 15 is 0 Å². The second-order valence-electron chi connectivity index (χ2n) is 7.09. The third-order valence-electron chi connectivity index (χ3n) is 4.73. The molecule has 180 valence electrons. The fourth-order valence-electron chi connectivity index (χ4n) is 2.98. The van der Waals surface area contributed by atoms with Crippen LogP contribution in [0.1, 0.15) is 18.1 Å². The first-order chi connectivity index (χ1) is 16.2. The average Bonchev–Trinajstić information content (AvgIpc) is 3.28. The number of benzene rings is 2. The summed E-state index contributed by atoms with van der Waals surface area (Å²) in [7, 11) is -2.73. The normalized spacial score (nSPS) is 11.1. The lowest BCUT2D eigenvalue weighted by Crippen LogP contribution is -2.38. The Morgan fingerprint density at radius 1 is 1.12 bits per heavy atom. The molecule has 3 rings (SSSR count). The van der Waals surface area contributed by atoms with Crippen LogP contribution in [0.4, 0.5) is 10.8 Å². The van der Waals surface area contributed by atoms with Gasteiger partial charge in [-0.15, -0.1) is 10.2 Å². The molecule has 0 radical (unpaired) electrons. The number of hydrogen-bond acceptors (Lipinski definition) is 9. The Morgan fingerprint density at radius 2 is 1.82 bits per heavy atom. The van der Waals surface area contributed by atoms with E-state index in [0.29, 0.717) is 16.4 Å². The summed E-state index contributed by atoms with van der Waals surface area (Å²) in [6.45, 7) is 3.34. The monoisotopic (exact) mass is 520 g/mol. The predicted octanol–water partition coefficient (Wildman–Crippen LogP) is 3.51. The molecule has 0 aliphatic carbocycles. The molecule has 1 aromatic heterocycles. The maximum Gasteiger partial charge on any atom is 0.316 e. The van der Waals surface area contributed by atoms with Gasteiger partial charge in [0.1, 0.15) is 6.54 Å². The van der Waals surface area contributed by atoms with Gasteiger partial charge in [-0.3, -0.25) is 19.2 Å². The third kappa shape index (κ3) is 6.33. The fraction of sp³-hybridized carbons (Fsp3) is 0.273. The summed E-state index contributed by atoms with van der Waals surface area (Å²) in [6, 6.07) is 13.6. The average molecular weight is 521 g/mol. The van der Waals surface area contributed by atoms with E-state index < -0.39 is 28.4 Å². The Morgan fingerprint density at radius 3 is 2.50 bits per heavy atom. The number of methoxy groups -OCH3 is 1. The molecule has 9 nitrogen and oxygen atoms in total.